The summed E-state index contributed by atoms with van der Waals surface area (Å²) >= 11 is 0. The molecule has 0 saturated carbocycles. The van der Waals surface area contributed by atoms with Gasteiger partial charge in [0, 0.05) is 57.8 Å². The molecular formula is C23H29N7O2. The molecule has 0 spiro atoms. The molecule has 32 heavy (non-hydrogen) atoms. The van der Waals surface area contributed by atoms with Crippen LogP contribution in [0, 0.1) is 0 Å². The number of methoxy groups -OCH3 is 1. The molecule has 1 saturated heterocycles. The Bertz CT molecular complexity index is 986. The molecule has 0 aliphatic carbocycles. The van der Waals surface area contributed by atoms with E-state index in [1.807, 2.05) is 48.7 Å². The molecule has 3 aromatic heterocycles. The van der Waals surface area contributed by atoms with Crippen molar-refractivity contribution >= 4 is 11.8 Å². The Morgan fingerprint density at radius 1 is 1.12 bits per heavy atom. The Kier molecular flexibility index (Phi) is 7.29. The average molecular weight is 436 g/mol. The van der Waals surface area contributed by atoms with Gasteiger partial charge in [-0.05, 0) is 31.2 Å². The van der Waals surface area contributed by atoms with E-state index in [1.54, 1.807) is 13.3 Å². The average Bonchev–Trinajstić information content (AvgIpc) is 3.32. The molecule has 0 radical (unpaired) electrons. The highest BCUT2D eigenvalue weighted by Crippen LogP contribution is 2.18. The van der Waals surface area contributed by atoms with Crippen molar-refractivity contribution in [2.24, 2.45) is 4.99 Å². The minimum absolute atomic E-state index is 0.133. The predicted octanol–water partition coefficient (Wildman–Crippen LogP) is 2.43. The summed E-state index contributed by atoms with van der Waals surface area (Å²) < 4.78 is 10.8. The van der Waals surface area contributed by atoms with Crippen LogP contribution < -0.4 is 10.2 Å². The van der Waals surface area contributed by atoms with Crippen molar-refractivity contribution in [1.82, 2.24) is 25.3 Å². The van der Waals surface area contributed by atoms with Crippen molar-refractivity contribution in [3.05, 3.63) is 60.6 Å². The van der Waals surface area contributed by atoms with Crippen LogP contribution in [0.4, 0.5) is 5.82 Å². The Morgan fingerprint density at radius 2 is 1.91 bits per heavy atom. The molecule has 1 aliphatic heterocycles. The lowest BCUT2D eigenvalue weighted by molar-refractivity contribution is 0.177. The number of hydrogen-bond acceptors (Lipinski definition) is 7. The number of ether oxygens (including phenoxy) is 1. The van der Waals surface area contributed by atoms with E-state index in [-0.39, 0.29) is 6.04 Å². The third kappa shape index (κ3) is 5.61. The molecule has 4 heterocycles. The lowest BCUT2D eigenvalue weighted by atomic mass is 10.2. The van der Waals surface area contributed by atoms with Gasteiger partial charge >= 0.3 is 0 Å². The number of nitrogens with one attached hydrogen (secondary N) is 1. The molecule has 9 heteroatoms. The molecule has 1 aliphatic rings. The zero-order valence-corrected chi connectivity index (χ0v) is 18.5. The number of anilines is 1. The van der Waals surface area contributed by atoms with Crippen LogP contribution in [-0.4, -0.2) is 71.9 Å². The number of piperazine rings is 1. The number of rotatable bonds is 7. The number of guanidine groups is 1. The van der Waals surface area contributed by atoms with Gasteiger partial charge in [-0.25, -0.2) is 9.98 Å². The fraction of sp³-hybridized carbons (Fsp3) is 0.391. The molecule has 168 valence electrons. The highest BCUT2D eigenvalue weighted by molar-refractivity contribution is 5.80. The van der Waals surface area contributed by atoms with Crippen LogP contribution in [0.15, 0.2) is 64.4 Å². The molecule has 1 atom stereocenters. The van der Waals surface area contributed by atoms with E-state index in [0.29, 0.717) is 18.9 Å². The van der Waals surface area contributed by atoms with Gasteiger partial charge in [-0.1, -0.05) is 17.3 Å². The summed E-state index contributed by atoms with van der Waals surface area (Å²) in [6.45, 7) is 6.55. The summed E-state index contributed by atoms with van der Waals surface area (Å²) in [5.74, 6) is 2.50. The van der Waals surface area contributed by atoms with E-state index in [9.17, 15) is 0 Å². The third-order valence-electron chi connectivity index (χ3n) is 5.21. The zero-order chi connectivity index (χ0) is 22.2. The second-order valence-corrected chi connectivity index (χ2v) is 7.70. The molecule has 1 N–H and O–H groups in total. The first-order valence-electron chi connectivity index (χ1n) is 10.8. The molecule has 0 bridgehead atoms. The standard InChI is InChI=1S/C23H29N7O2/c1-18(17-31-2)27-23(30-13-11-29(12-14-30)22-8-4-6-10-25-22)26-16-19-15-21(32-28-19)20-7-3-5-9-24-20/h3-10,15,18H,11-14,16-17H2,1-2H3,(H,26,27). The second-order valence-electron chi connectivity index (χ2n) is 7.70. The third-order valence-corrected chi connectivity index (χ3v) is 5.21. The van der Waals surface area contributed by atoms with Gasteiger partial charge in [0.15, 0.2) is 11.7 Å². The van der Waals surface area contributed by atoms with Crippen LogP contribution in [0.2, 0.25) is 0 Å². The Balaban J connectivity index is 1.43. The quantitative estimate of drug-likeness (QED) is 0.447. The van der Waals surface area contributed by atoms with Crippen LogP contribution in [0.1, 0.15) is 12.6 Å². The van der Waals surface area contributed by atoms with Crippen molar-refractivity contribution in [2.45, 2.75) is 19.5 Å². The minimum atomic E-state index is 0.133. The van der Waals surface area contributed by atoms with Crippen molar-refractivity contribution in [3.63, 3.8) is 0 Å². The Labute approximate surface area is 188 Å². The van der Waals surface area contributed by atoms with E-state index in [1.165, 1.54) is 0 Å². The highest BCUT2D eigenvalue weighted by atomic mass is 16.5. The predicted molar refractivity (Wildman–Crippen MR) is 123 cm³/mol. The van der Waals surface area contributed by atoms with Gasteiger partial charge in [-0.3, -0.25) is 4.98 Å². The Morgan fingerprint density at radius 3 is 2.59 bits per heavy atom. The topological polar surface area (TPSA) is 91.9 Å². The highest BCUT2D eigenvalue weighted by Gasteiger charge is 2.22. The largest absolute Gasteiger partial charge is 0.383 e. The first kappa shape index (κ1) is 21.8. The zero-order valence-electron chi connectivity index (χ0n) is 18.5. The molecule has 0 amide bonds. The van der Waals surface area contributed by atoms with Gasteiger partial charge in [0.2, 0.25) is 0 Å². The first-order chi connectivity index (χ1) is 15.7. The van der Waals surface area contributed by atoms with Crippen molar-refractivity contribution in [3.8, 4) is 11.5 Å². The summed E-state index contributed by atoms with van der Waals surface area (Å²) in [4.78, 5) is 18.2. The maximum atomic E-state index is 5.46. The lowest BCUT2D eigenvalue weighted by Gasteiger charge is -2.37. The number of pyridine rings is 2. The van der Waals surface area contributed by atoms with Gasteiger partial charge in [-0.2, -0.15) is 0 Å². The van der Waals surface area contributed by atoms with Crippen LogP contribution in [0.3, 0.4) is 0 Å². The molecule has 0 aromatic carbocycles. The summed E-state index contributed by atoms with van der Waals surface area (Å²) in [6, 6.07) is 13.7. The maximum Gasteiger partial charge on any atom is 0.194 e. The normalized spacial score (nSPS) is 15.6. The van der Waals surface area contributed by atoms with Crippen molar-refractivity contribution < 1.29 is 9.26 Å². The smallest absolute Gasteiger partial charge is 0.194 e. The van der Waals surface area contributed by atoms with E-state index in [0.717, 1.165) is 49.3 Å². The Hall–Kier alpha value is -3.46. The fourth-order valence-corrected chi connectivity index (χ4v) is 3.61. The van der Waals surface area contributed by atoms with Crippen LogP contribution >= 0.6 is 0 Å². The number of aliphatic imine (C=N–C) groups is 1. The minimum Gasteiger partial charge on any atom is -0.383 e. The van der Waals surface area contributed by atoms with E-state index in [4.69, 9.17) is 14.3 Å². The van der Waals surface area contributed by atoms with Gasteiger partial charge in [-0.15, -0.1) is 0 Å². The van der Waals surface area contributed by atoms with Crippen LogP contribution in [0.25, 0.3) is 11.5 Å². The summed E-state index contributed by atoms with van der Waals surface area (Å²) in [7, 11) is 1.70. The first-order valence-corrected chi connectivity index (χ1v) is 10.8. The van der Waals surface area contributed by atoms with Crippen LogP contribution in [-0.2, 0) is 11.3 Å². The van der Waals surface area contributed by atoms with E-state index >= 15 is 0 Å². The monoisotopic (exact) mass is 435 g/mol. The van der Waals surface area contributed by atoms with Crippen LogP contribution in [0.5, 0.6) is 0 Å². The summed E-state index contributed by atoms with van der Waals surface area (Å²) in [5.41, 5.74) is 1.52. The molecule has 1 fully saturated rings. The molecular weight excluding hydrogens is 406 g/mol. The molecule has 3 aromatic rings. The van der Waals surface area contributed by atoms with Gasteiger partial charge in [0.05, 0.1) is 13.2 Å². The molecule has 4 rings (SSSR count). The van der Waals surface area contributed by atoms with Gasteiger partial charge in [0.25, 0.3) is 0 Å². The van der Waals surface area contributed by atoms with E-state index < -0.39 is 0 Å². The van der Waals surface area contributed by atoms with Gasteiger partial charge in [0.1, 0.15) is 17.2 Å². The number of nitrogens with zero attached hydrogens (tertiary/aromatic N) is 6. The van der Waals surface area contributed by atoms with E-state index in [2.05, 4.69) is 37.2 Å². The number of aromatic nitrogens is 3. The van der Waals surface area contributed by atoms with Gasteiger partial charge < -0.3 is 24.4 Å². The molecule has 9 nitrogen and oxygen atoms in total. The maximum absolute atomic E-state index is 5.46. The fourth-order valence-electron chi connectivity index (χ4n) is 3.61. The second kappa shape index (κ2) is 10.7. The summed E-state index contributed by atoms with van der Waals surface area (Å²) in [5, 5.41) is 7.66. The van der Waals surface area contributed by atoms with Crippen molar-refractivity contribution in [1.29, 1.82) is 0 Å². The summed E-state index contributed by atoms with van der Waals surface area (Å²) in [6.07, 6.45) is 3.57. The lowest BCUT2D eigenvalue weighted by Crippen LogP contribution is -2.54. The van der Waals surface area contributed by atoms with Crippen molar-refractivity contribution in [2.75, 3.05) is 44.8 Å². The molecule has 1 unspecified atom stereocenters. The number of hydrogen-bond donors (Lipinski definition) is 1. The SMILES string of the molecule is COCC(C)NC(=NCc1cc(-c2ccccn2)on1)N1CCN(c2ccccn2)CC1.